The number of aromatic nitrogens is 3. The highest BCUT2D eigenvalue weighted by molar-refractivity contribution is 7.22. The van der Waals surface area contributed by atoms with Crippen LogP contribution in [0.15, 0.2) is 30.6 Å². The van der Waals surface area contributed by atoms with Crippen molar-refractivity contribution in [1.29, 1.82) is 0 Å². The van der Waals surface area contributed by atoms with Crippen molar-refractivity contribution < 1.29 is 19.4 Å². The Hall–Kier alpha value is -2.99. The Kier molecular flexibility index (Phi) is 9.04. The average Bonchev–Trinajstić information content (AvgIpc) is 3.52. The first-order chi connectivity index (χ1) is 19.2. The lowest BCUT2D eigenvalue weighted by molar-refractivity contribution is -0.124. The van der Waals surface area contributed by atoms with E-state index in [2.05, 4.69) is 30.9 Å². The average molecular weight is 567 g/mol. The molecule has 4 N–H and O–H groups in total. The molecule has 2 heterocycles. The maximum absolute atomic E-state index is 12.8. The summed E-state index contributed by atoms with van der Waals surface area (Å²) in [6, 6.07) is 6.38. The van der Waals surface area contributed by atoms with Crippen LogP contribution >= 0.6 is 11.3 Å². The van der Waals surface area contributed by atoms with Crippen molar-refractivity contribution in [2.45, 2.75) is 83.8 Å². The SMILES string of the molecule is CC(C)C(=O)NC[C@H](C)N[C@H]1C[C@@H](C(=O)Nc2nc3ccc(-c4cnc(CO[C@H]5CCC[C@@H]5O)nc4)cc3s2)C1. The lowest BCUT2D eigenvalue weighted by Crippen LogP contribution is -2.51. The van der Waals surface area contributed by atoms with E-state index in [0.717, 1.165) is 53.4 Å². The molecule has 2 saturated carbocycles. The van der Waals surface area contributed by atoms with E-state index < -0.39 is 6.10 Å². The fraction of sp³-hybridized carbons (Fsp3) is 0.552. The van der Waals surface area contributed by atoms with E-state index in [-0.39, 0.29) is 48.4 Å². The summed E-state index contributed by atoms with van der Waals surface area (Å²) in [5.41, 5.74) is 2.69. The minimum atomic E-state index is -0.396. The summed E-state index contributed by atoms with van der Waals surface area (Å²) in [6.07, 6.45) is 7.21. The topological polar surface area (TPSA) is 138 Å². The molecule has 214 valence electrons. The molecule has 0 radical (unpaired) electrons. The van der Waals surface area contributed by atoms with E-state index in [1.54, 1.807) is 12.4 Å². The van der Waals surface area contributed by atoms with Gasteiger partial charge in [-0.25, -0.2) is 15.0 Å². The van der Waals surface area contributed by atoms with Gasteiger partial charge in [-0.2, -0.15) is 0 Å². The fourth-order valence-corrected chi connectivity index (χ4v) is 6.02. The van der Waals surface area contributed by atoms with Crippen molar-refractivity contribution in [3.63, 3.8) is 0 Å². The van der Waals surface area contributed by atoms with Crippen molar-refractivity contribution in [2.24, 2.45) is 11.8 Å². The standard InChI is InChI=1S/C29H38N6O4S/c1-16(2)27(37)32-12-17(3)33-21-9-19(10-21)28(38)35-29-34-22-8-7-18(11-25(22)40-29)20-13-30-26(31-14-20)15-39-24-6-4-5-23(24)36/h7-8,11,13-14,16-17,19,21,23-24,33,36H,4-6,9-10,12,15H2,1-3H3,(H,32,37)(H,34,35,38)/t17-,19-,21+,23-,24-/m0/s1. The van der Waals surface area contributed by atoms with Gasteiger partial charge < -0.3 is 25.8 Å². The van der Waals surface area contributed by atoms with Gasteiger partial charge in [0.05, 0.1) is 22.4 Å². The summed E-state index contributed by atoms with van der Waals surface area (Å²) in [5.74, 6) is 0.564. The Morgan fingerprint density at radius 3 is 2.60 bits per heavy atom. The molecule has 10 nitrogen and oxygen atoms in total. The number of hydrogen-bond acceptors (Lipinski definition) is 9. The Labute approximate surface area is 238 Å². The van der Waals surface area contributed by atoms with Gasteiger partial charge in [0.25, 0.3) is 0 Å². The van der Waals surface area contributed by atoms with Crippen molar-refractivity contribution in [1.82, 2.24) is 25.6 Å². The van der Waals surface area contributed by atoms with Gasteiger partial charge in [-0.15, -0.1) is 0 Å². The molecule has 0 unspecified atom stereocenters. The fourth-order valence-electron chi connectivity index (χ4n) is 5.11. The number of thiazole rings is 1. The molecule has 5 rings (SSSR count). The largest absolute Gasteiger partial charge is 0.390 e. The number of fused-ring (bicyclic) bond motifs is 1. The third kappa shape index (κ3) is 7.01. The van der Waals surface area contributed by atoms with Crippen LogP contribution in [0.3, 0.4) is 0 Å². The van der Waals surface area contributed by atoms with E-state index in [0.29, 0.717) is 17.5 Å². The van der Waals surface area contributed by atoms with E-state index in [9.17, 15) is 14.7 Å². The van der Waals surface area contributed by atoms with Gasteiger partial charge in [0.1, 0.15) is 6.61 Å². The first kappa shape index (κ1) is 28.5. The van der Waals surface area contributed by atoms with E-state index in [4.69, 9.17) is 4.74 Å². The summed E-state index contributed by atoms with van der Waals surface area (Å²) in [4.78, 5) is 38.0. The molecule has 2 aliphatic carbocycles. The molecular formula is C29H38N6O4S. The molecule has 2 fully saturated rings. The van der Waals surface area contributed by atoms with Crippen LogP contribution in [0, 0.1) is 11.8 Å². The maximum atomic E-state index is 12.8. The van der Waals surface area contributed by atoms with Crippen LogP contribution in [-0.2, 0) is 20.9 Å². The number of nitrogens with zero attached hydrogens (tertiary/aromatic N) is 3. The lowest BCUT2D eigenvalue weighted by atomic mass is 9.79. The quantitative estimate of drug-likeness (QED) is 0.276. The monoisotopic (exact) mass is 566 g/mol. The molecule has 1 aromatic carbocycles. The Morgan fingerprint density at radius 1 is 1.12 bits per heavy atom. The van der Waals surface area contributed by atoms with Crippen LogP contribution in [-0.4, -0.2) is 62.7 Å². The van der Waals surface area contributed by atoms with Gasteiger partial charge in [0.2, 0.25) is 11.8 Å². The van der Waals surface area contributed by atoms with Gasteiger partial charge >= 0.3 is 0 Å². The third-order valence-electron chi connectivity index (χ3n) is 7.64. The van der Waals surface area contributed by atoms with Crippen molar-refractivity contribution in [3.05, 3.63) is 36.4 Å². The number of ether oxygens (including phenoxy) is 1. The number of amides is 2. The van der Waals surface area contributed by atoms with Gasteiger partial charge in [-0.05, 0) is 56.7 Å². The predicted octanol–water partition coefficient (Wildman–Crippen LogP) is 3.65. The number of hydrogen-bond donors (Lipinski definition) is 4. The van der Waals surface area contributed by atoms with Gasteiger partial charge in [0.15, 0.2) is 11.0 Å². The lowest BCUT2D eigenvalue weighted by Gasteiger charge is -2.36. The number of anilines is 1. The second-order valence-corrected chi connectivity index (χ2v) is 12.3. The predicted molar refractivity (Wildman–Crippen MR) is 155 cm³/mol. The first-order valence-corrected chi connectivity index (χ1v) is 14.9. The number of nitrogens with one attached hydrogen (secondary N) is 3. The van der Waals surface area contributed by atoms with Gasteiger partial charge in [-0.1, -0.05) is 31.3 Å². The molecule has 2 aromatic heterocycles. The molecule has 0 spiro atoms. The molecule has 0 saturated heterocycles. The second-order valence-electron chi connectivity index (χ2n) is 11.3. The van der Waals surface area contributed by atoms with Crippen LogP contribution < -0.4 is 16.0 Å². The summed E-state index contributed by atoms with van der Waals surface area (Å²) in [6.45, 7) is 6.66. The van der Waals surface area contributed by atoms with Crippen LogP contribution in [0.2, 0.25) is 0 Å². The number of aliphatic hydroxyl groups excluding tert-OH is 1. The summed E-state index contributed by atoms with van der Waals surface area (Å²) in [5, 5.41) is 19.9. The van der Waals surface area contributed by atoms with Crippen LogP contribution in [0.5, 0.6) is 0 Å². The molecule has 3 aromatic rings. The van der Waals surface area contributed by atoms with Gasteiger partial charge in [0, 0.05) is 48.4 Å². The minimum absolute atomic E-state index is 0.00516. The van der Waals surface area contributed by atoms with E-state index in [1.165, 1.54) is 11.3 Å². The molecule has 2 aliphatic rings. The maximum Gasteiger partial charge on any atom is 0.229 e. The van der Waals surface area contributed by atoms with Crippen LogP contribution in [0.25, 0.3) is 21.3 Å². The number of carbonyl (C=O) groups excluding carboxylic acids is 2. The van der Waals surface area contributed by atoms with E-state index in [1.807, 2.05) is 39.0 Å². The summed E-state index contributed by atoms with van der Waals surface area (Å²) in [7, 11) is 0. The molecule has 0 aliphatic heterocycles. The Morgan fingerprint density at radius 2 is 1.90 bits per heavy atom. The van der Waals surface area contributed by atoms with Crippen molar-refractivity contribution >= 4 is 38.5 Å². The molecule has 3 atom stereocenters. The first-order valence-electron chi connectivity index (χ1n) is 14.1. The minimum Gasteiger partial charge on any atom is -0.390 e. The Balaban J connectivity index is 1.10. The third-order valence-corrected chi connectivity index (χ3v) is 8.57. The highest BCUT2D eigenvalue weighted by Gasteiger charge is 2.35. The normalized spacial score (nSPS) is 23.2. The van der Waals surface area contributed by atoms with Crippen LogP contribution in [0.1, 0.15) is 58.7 Å². The highest BCUT2D eigenvalue weighted by atomic mass is 32.1. The molecule has 40 heavy (non-hydrogen) atoms. The number of aliphatic hydroxyl groups is 1. The van der Waals surface area contributed by atoms with Gasteiger partial charge in [-0.3, -0.25) is 9.59 Å². The smallest absolute Gasteiger partial charge is 0.229 e. The second kappa shape index (κ2) is 12.7. The van der Waals surface area contributed by atoms with Crippen molar-refractivity contribution in [3.8, 4) is 11.1 Å². The zero-order valence-corrected chi connectivity index (χ0v) is 24.0. The Bertz CT molecular complexity index is 1320. The number of benzene rings is 1. The molecule has 11 heteroatoms. The molecule has 2 amide bonds. The summed E-state index contributed by atoms with van der Waals surface area (Å²) >= 11 is 1.45. The summed E-state index contributed by atoms with van der Waals surface area (Å²) < 4.78 is 6.75. The molecule has 0 bridgehead atoms. The van der Waals surface area contributed by atoms with Crippen LogP contribution in [0.4, 0.5) is 5.13 Å². The molecular weight excluding hydrogens is 528 g/mol. The zero-order valence-electron chi connectivity index (χ0n) is 23.2. The van der Waals surface area contributed by atoms with E-state index >= 15 is 0 Å². The highest BCUT2D eigenvalue weighted by Crippen LogP contribution is 2.33. The van der Waals surface area contributed by atoms with Crippen molar-refractivity contribution in [2.75, 3.05) is 11.9 Å². The number of rotatable bonds is 11. The number of carbonyl (C=O) groups is 2. The zero-order chi connectivity index (χ0) is 28.2.